The molecule has 0 amide bonds. The van der Waals surface area contributed by atoms with E-state index in [0.717, 1.165) is 18.2 Å². The molecule has 0 heterocycles. The maximum Gasteiger partial charge on any atom is 0.339 e. The molecule has 0 aliphatic rings. The molecule has 6 nitrogen and oxygen atoms in total. The maximum absolute atomic E-state index is 11.5. The van der Waals surface area contributed by atoms with Crippen LogP contribution in [0, 0.1) is 0 Å². The van der Waals surface area contributed by atoms with Crippen LogP contribution in [-0.2, 0) is 4.74 Å². The summed E-state index contributed by atoms with van der Waals surface area (Å²) in [5, 5.41) is 17.6. The molecule has 17 heavy (non-hydrogen) atoms. The van der Waals surface area contributed by atoms with Gasteiger partial charge < -0.3 is 14.9 Å². The molecule has 0 unspecified atom stereocenters. The van der Waals surface area contributed by atoms with Gasteiger partial charge in [0.25, 0.3) is 0 Å². The van der Waals surface area contributed by atoms with Gasteiger partial charge in [0.05, 0.1) is 23.3 Å². The highest BCUT2D eigenvalue weighted by molar-refractivity contribution is 6.04. The Morgan fingerprint density at radius 1 is 1.12 bits per heavy atom. The van der Waals surface area contributed by atoms with Crippen LogP contribution in [0.3, 0.4) is 0 Å². The van der Waals surface area contributed by atoms with Crippen molar-refractivity contribution in [3.05, 3.63) is 34.9 Å². The molecule has 0 aromatic heterocycles. The summed E-state index contributed by atoms with van der Waals surface area (Å²) in [4.78, 5) is 33.0. The first-order valence-corrected chi connectivity index (χ1v) is 4.75. The lowest BCUT2D eigenvalue weighted by Gasteiger charge is -2.06. The molecule has 0 aliphatic heterocycles. The first-order valence-electron chi connectivity index (χ1n) is 4.75. The van der Waals surface area contributed by atoms with Gasteiger partial charge in [0.2, 0.25) is 0 Å². The molecule has 2 N–H and O–H groups in total. The van der Waals surface area contributed by atoms with Crippen molar-refractivity contribution in [2.45, 2.75) is 6.92 Å². The zero-order valence-corrected chi connectivity index (χ0v) is 8.97. The van der Waals surface area contributed by atoms with E-state index in [1.807, 2.05) is 0 Å². The van der Waals surface area contributed by atoms with E-state index < -0.39 is 17.9 Å². The summed E-state index contributed by atoms with van der Waals surface area (Å²) in [5.74, 6) is -3.41. The van der Waals surface area contributed by atoms with Crippen molar-refractivity contribution >= 4 is 17.9 Å². The van der Waals surface area contributed by atoms with Crippen molar-refractivity contribution in [2.75, 3.05) is 6.61 Å². The number of benzene rings is 1. The van der Waals surface area contributed by atoms with Crippen LogP contribution in [-0.4, -0.2) is 34.7 Å². The summed E-state index contributed by atoms with van der Waals surface area (Å²) in [6.07, 6.45) is 0. The molecular weight excluding hydrogens is 228 g/mol. The SMILES string of the molecule is CCOC(=O)c1cc(C(=O)O)ccc1C(=O)O. The minimum absolute atomic E-state index is 0.0786. The van der Waals surface area contributed by atoms with E-state index in [1.54, 1.807) is 6.92 Å². The third-order valence-electron chi connectivity index (χ3n) is 1.99. The van der Waals surface area contributed by atoms with E-state index >= 15 is 0 Å². The van der Waals surface area contributed by atoms with Crippen LogP contribution < -0.4 is 0 Å². The summed E-state index contributed by atoms with van der Waals surface area (Å²) in [6, 6.07) is 3.18. The van der Waals surface area contributed by atoms with Gasteiger partial charge in [-0.25, -0.2) is 14.4 Å². The topological polar surface area (TPSA) is 101 Å². The molecule has 1 aromatic rings. The van der Waals surface area contributed by atoms with E-state index in [0.29, 0.717) is 0 Å². The number of esters is 1. The second-order valence-electron chi connectivity index (χ2n) is 3.09. The summed E-state index contributed by atoms with van der Waals surface area (Å²) in [5.41, 5.74) is -0.717. The van der Waals surface area contributed by atoms with Gasteiger partial charge in [0.15, 0.2) is 0 Å². The first kappa shape index (κ1) is 12.7. The molecule has 90 valence electrons. The number of hydrogen-bond acceptors (Lipinski definition) is 4. The highest BCUT2D eigenvalue weighted by Gasteiger charge is 2.19. The van der Waals surface area contributed by atoms with Gasteiger partial charge in [-0.1, -0.05) is 0 Å². The van der Waals surface area contributed by atoms with Crippen LogP contribution in [0.25, 0.3) is 0 Å². The Morgan fingerprint density at radius 3 is 2.24 bits per heavy atom. The van der Waals surface area contributed by atoms with Crippen molar-refractivity contribution in [2.24, 2.45) is 0 Å². The molecule has 0 aliphatic carbocycles. The highest BCUT2D eigenvalue weighted by atomic mass is 16.5. The monoisotopic (exact) mass is 238 g/mol. The summed E-state index contributed by atoms with van der Waals surface area (Å²) >= 11 is 0. The molecular formula is C11H10O6. The summed E-state index contributed by atoms with van der Waals surface area (Å²) in [6.45, 7) is 1.65. The lowest BCUT2D eigenvalue weighted by Crippen LogP contribution is -2.13. The number of rotatable bonds is 4. The van der Waals surface area contributed by atoms with Crippen LogP contribution in [0.2, 0.25) is 0 Å². The number of ether oxygens (including phenoxy) is 1. The van der Waals surface area contributed by atoms with E-state index in [1.165, 1.54) is 0 Å². The molecule has 0 radical (unpaired) electrons. The number of carboxylic acid groups (broad SMARTS) is 2. The first-order chi connectivity index (χ1) is 7.97. The Kier molecular flexibility index (Phi) is 3.82. The van der Waals surface area contributed by atoms with Gasteiger partial charge in [-0.3, -0.25) is 0 Å². The Labute approximate surface area is 96.4 Å². The normalized spacial score (nSPS) is 9.71. The smallest absolute Gasteiger partial charge is 0.339 e. The van der Waals surface area contributed by atoms with Gasteiger partial charge in [-0.05, 0) is 25.1 Å². The average Bonchev–Trinajstić information content (AvgIpc) is 2.28. The molecule has 1 aromatic carbocycles. The highest BCUT2D eigenvalue weighted by Crippen LogP contribution is 2.14. The lowest BCUT2D eigenvalue weighted by atomic mass is 10.0. The standard InChI is InChI=1S/C11H10O6/c1-2-17-11(16)8-5-6(9(12)13)3-4-7(8)10(14)15/h3-5H,2H2,1H3,(H,12,13)(H,14,15). The number of hydrogen-bond donors (Lipinski definition) is 2. The second-order valence-corrected chi connectivity index (χ2v) is 3.09. The number of aromatic carboxylic acids is 2. The third-order valence-corrected chi connectivity index (χ3v) is 1.99. The van der Waals surface area contributed by atoms with Gasteiger partial charge in [-0.2, -0.15) is 0 Å². The number of carbonyl (C=O) groups is 3. The quantitative estimate of drug-likeness (QED) is 0.766. The van der Waals surface area contributed by atoms with E-state index in [9.17, 15) is 14.4 Å². The van der Waals surface area contributed by atoms with E-state index in [4.69, 9.17) is 10.2 Å². The predicted molar refractivity (Wildman–Crippen MR) is 56.3 cm³/mol. The van der Waals surface area contributed by atoms with Crippen molar-refractivity contribution < 1.29 is 29.3 Å². The Bertz CT molecular complexity index is 477. The van der Waals surface area contributed by atoms with Crippen LogP contribution in [0.15, 0.2) is 18.2 Å². The Morgan fingerprint density at radius 2 is 1.76 bits per heavy atom. The maximum atomic E-state index is 11.5. The van der Waals surface area contributed by atoms with Gasteiger partial charge in [0.1, 0.15) is 0 Å². The molecule has 0 spiro atoms. The molecule has 0 fully saturated rings. The van der Waals surface area contributed by atoms with Crippen LogP contribution in [0.1, 0.15) is 38.0 Å². The van der Waals surface area contributed by atoms with Gasteiger partial charge >= 0.3 is 17.9 Å². The summed E-state index contributed by atoms with van der Waals surface area (Å²) < 4.78 is 4.66. The van der Waals surface area contributed by atoms with Gasteiger partial charge in [-0.15, -0.1) is 0 Å². The number of carbonyl (C=O) groups excluding carboxylic acids is 1. The molecule has 0 saturated carbocycles. The fourth-order valence-corrected chi connectivity index (χ4v) is 1.24. The zero-order valence-electron chi connectivity index (χ0n) is 8.97. The fourth-order valence-electron chi connectivity index (χ4n) is 1.24. The molecule has 0 bridgehead atoms. The van der Waals surface area contributed by atoms with Crippen LogP contribution in [0.4, 0.5) is 0 Å². The van der Waals surface area contributed by atoms with Crippen molar-refractivity contribution in [1.29, 1.82) is 0 Å². The second kappa shape index (κ2) is 5.11. The Balaban J connectivity index is 3.30. The van der Waals surface area contributed by atoms with Crippen molar-refractivity contribution in [3.63, 3.8) is 0 Å². The van der Waals surface area contributed by atoms with E-state index in [2.05, 4.69) is 4.74 Å². The van der Waals surface area contributed by atoms with Crippen LogP contribution >= 0.6 is 0 Å². The Hall–Kier alpha value is -2.37. The average molecular weight is 238 g/mol. The largest absolute Gasteiger partial charge is 0.478 e. The molecule has 1 rings (SSSR count). The zero-order chi connectivity index (χ0) is 13.0. The van der Waals surface area contributed by atoms with E-state index in [-0.39, 0.29) is 23.3 Å². The van der Waals surface area contributed by atoms with Gasteiger partial charge in [0, 0.05) is 0 Å². The minimum atomic E-state index is -1.31. The predicted octanol–water partition coefficient (Wildman–Crippen LogP) is 1.26. The third kappa shape index (κ3) is 2.81. The lowest BCUT2D eigenvalue weighted by molar-refractivity contribution is 0.0514. The number of carboxylic acids is 2. The molecule has 0 atom stereocenters. The fraction of sp³-hybridized carbons (Fsp3) is 0.182. The molecule has 0 saturated heterocycles. The minimum Gasteiger partial charge on any atom is -0.478 e. The summed E-state index contributed by atoms with van der Waals surface area (Å²) in [7, 11) is 0. The molecule has 6 heteroatoms. The van der Waals surface area contributed by atoms with Crippen molar-refractivity contribution in [1.82, 2.24) is 0 Å². The van der Waals surface area contributed by atoms with Crippen LogP contribution in [0.5, 0.6) is 0 Å². The van der Waals surface area contributed by atoms with Crippen molar-refractivity contribution in [3.8, 4) is 0 Å².